The molecule has 0 radical (unpaired) electrons. The number of nitrogens with one attached hydrogen (secondary N) is 1. The molecule has 0 aromatic heterocycles. The molecule has 1 atom stereocenters. The summed E-state index contributed by atoms with van der Waals surface area (Å²) in [7, 11) is -4.20. The van der Waals surface area contributed by atoms with Gasteiger partial charge in [0.1, 0.15) is 12.6 Å². The van der Waals surface area contributed by atoms with Gasteiger partial charge in [-0.1, -0.05) is 79.3 Å². The molecule has 0 saturated carbocycles. The fraction of sp³-hybridized carbons (Fsp3) is 0.333. The van der Waals surface area contributed by atoms with Crippen LogP contribution >= 0.6 is 34.8 Å². The average Bonchev–Trinajstić information content (AvgIpc) is 2.92. The molecule has 3 aromatic carbocycles. The van der Waals surface area contributed by atoms with Crippen LogP contribution in [0.1, 0.15) is 38.3 Å². The maximum atomic E-state index is 14.1. The third-order valence-electron chi connectivity index (χ3n) is 6.46. The molecule has 1 unspecified atom stereocenters. The summed E-state index contributed by atoms with van der Waals surface area (Å²) in [5.74, 6) is -0.744. The number of carbonyl (C=O) groups excluding carboxylic acids is 2. The first-order valence-corrected chi connectivity index (χ1v) is 15.8. The summed E-state index contributed by atoms with van der Waals surface area (Å²) in [5, 5.41) is 3.93. The number of aryl methyl sites for hydroxylation is 1. The monoisotopic (exact) mass is 637 g/mol. The van der Waals surface area contributed by atoms with Gasteiger partial charge >= 0.3 is 0 Å². The highest BCUT2D eigenvalue weighted by atomic mass is 35.5. The van der Waals surface area contributed by atoms with Gasteiger partial charge in [-0.05, 0) is 67.8 Å². The molecule has 0 aliphatic rings. The minimum Gasteiger partial charge on any atom is -0.354 e. The standard InChI is InChI=1S/C30H34Cl3N3O4S/c1-5-28(30(38)34-17-20(2)3)35(18-25-26(32)7-6-8-27(25)33)29(37)19-36(23-13-9-21(4)10-14-23)41(39,40)24-15-11-22(31)12-16-24/h6-16,20,28H,5,17-19H2,1-4H3,(H,34,38). The molecular formula is C30H34Cl3N3O4S. The van der Waals surface area contributed by atoms with Crippen molar-refractivity contribution in [1.82, 2.24) is 10.2 Å². The molecule has 7 nitrogen and oxygen atoms in total. The van der Waals surface area contributed by atoms with Crippen molar-refractivity contribution in [2.24, 2.45) is 5.92 Å². The molecular weight excluding hydrogens is 605 g/mol. The van der Waals surface area contributed by atoms with Gasteiger partial charge in [-0.15, -0.1) is 0 Å². The minimum atomic E-state index is -4.20. The lowest BCUT2D eigenvalue weighted by Crippen LogP contribution is -2.52. The molecule has 0 spiro atoms. The molecule has 1 N–H and O–H groups in total. The van der Waals surface area contributed by atoms with Gasteiger partial charge in [0.05, 0.1) is 10.6 Å². The van der Waals surface area contributed by atoms with Crippen molar-refractivity contribution in [3.8, 4) is 0 Å². The van der Waals surface area contributed by atoms with E-state index in [0.717, 1.165) is 9.87 Å². The van der Waals surface area contributed by atoms with E-state index in [1.54, 1.807) is 49.4 Å². The summed E-state index contributed by atoms with van der Waals surface area (Å²) in [6, 6.07) is 16.6. The van der Waals surface area contributed by atoms with Gasteiger partial charge in [-0.2, -0.15) is 0 Å². The normalized spacial score (nSPS) is 12.2. The first kappa shape index (κ1) is 32.7. The van der Waals surface area contributed by atoms with E-state index in [2.05, 4.69) is 5.32 Å². The Balaban J connectivity index is 2.08. The van der Waals surface area contributed by atoms with Gasteiger partial charge in [0.25, 0.3) is 10.0 Å². The molecule has 41 heavy (non-hydrogen) atoms. The molecule has 0 bridgehead atoms. The lowest BCUT2D eigenvalue weighted by atomic mass is 10.1. The number of rotatable bonds is 12. The molecule has 0 aliphatic heterocycles. The minimum absolute atomic E-state index is 0.0299. The van der Waals surface area contributed by atoms with E-state index in [-0.39, 0.29) is 29.7 Å². The van der Waals surface area contributed by atoms with Crippen LogP contribution in [0.4, 0.5) is 5.69 Å². The number of nitrogens with zero attached hydrogens (tertiary/aromatic N) is 2. The predicted octanol–water partition coefficient (Wildman–Crippen LogP) is 6.73. The van der Waals surface area contributed by atoms with Crippen molar-refractivity contribution in [3.05, 3.63) is 92.9 Å². The van der Waals surface area contributed by atoms with Gasteiger partial charge in [0.15, 0.2) is 0 Å². The quantitative estimate of drug-likeness (QED) is 0.238. The zero-order valence-electron chi connectivity index (χ0n) is 23.4. The highest BCUT2D eigenvalue weighted by Gasteiger charge is 2.34. The summed E-state index contributed by atoms with van der Waals surface area (Å²) in [5.41, 5.74) is 1.68. The third-order valence-corrected chi connectivity index (χ3v) is 9.21. The second-order valence-corrected chi connectivity index (χ2v) is 13.2. The molecule has 11 heteroatoms. The van der Waals surface area contributed by atoms with E-state index in [0.29, 0.717) is 32.9 Å². The van der Waals surface area contributed by atoms with Crippen LogP contribution in [-0.4, -0.2) is 44.3 Å². The van der Waals surface area contributed by atoms with Gasteiger partial charge < -0.3 is 10.2 Å². The Hall–Kier alpha value is -2.78. The van der Waals surface area contributed by atoms with Gasteiger partial charge in [0.2, 0.25) is 11.8 Å². The van der Waals surface area contributed by atoms with Crippen LogP contribution in [0.25, 0.3) is 0 Å². The van der Waals surface area contributed by atoms with E-state index in [1.165, 1.54) is 29.2 Å². The largest absolute Gasteiger partial charge is 0.354 e. The third kappa shape index (κ3) is 8.38. The van der Waals surface area contributed by atoms with E-state index >= 15 is 0 Å². The number of hydrogen-bond donors (Lipinski definition) is 1. The van der Waals surface area contributed by atoms with E-state index in [4.69, 9.17) is 34.8 Å². The van der Waals surface area contributed by atoms with Gasteiger partial charge in [-0.25, -0.2) is 8.42 Å². The molecule has 0 heterocycles. The molecule has 3 rings (SSSR count). The SMILES string of the molecule is CCC(C(=O)NCC(C)C)N(Cc1c(Cl)cccc1Cl)C(=O)CN(c1ccc(C)cc1)S(=O)(=O)c1ccc(Cl)cc1. The van der Waals surface area contributed by atoms with Gasteiger partial charge in [0, 0.05) is 33.7 Å². The number of hydrogen-bond acceptors (Lipinski definition) is 4. The number of halogens is 3. The first-order valence-electron chi connectivity index (χ1n) is 13.2. The summed E-state index contributed by atoms with van der Waals surface area (Å²) >= 11 is 18.9. The number of anilines is 1. The highest BCUT2D eigenvalue weighted by molar-refractivity contribution is 7.92. The average molecular weight is 639 g/mol. The lowest BCUT2D eigenvalue weighted by Gasteiger charge is -2.33. The van der Waals surface area contributed by atoms with Crippen LogP contribution in [0.3, 0.4) is 0 Å². The summed E-state index contributed by atoms with van der Waals surface area (Å²) < 4.78 is 28.8. The summed E-state index contributed by atoms with van der Waals surface area (Å²) in [6.45, 7) is 7.37. The molecule has 0 saturated heterocycles. The van der Waals surface area contributed by atoms with Gasteiger partial charge in [-0.3, -0.25) is 13.9 Å². The Labute approximate surface area is 257 Å². The second-order valence-electron chi connectivity index (χ2n) is 10.1. The summed E-state index contributed by atoms with van der Waals surface area (Å²) in [6.07, 6.45) is 0.284. The molecule has 0 fully saturated rings. The Morgan fingerprint density at radius 2 is 1.49 bits per heavy atom. The maximum absolute atomic E-state index is 14.1. The van der Waals surface area contributed by atoms with Crippen molar-refractivity contribution in [3.63, 3.8) is 0 Å². The fourth-order valence-electron chi connectivity index (χ4n) is 4.17. The van der Waals surface area contributed by atoms with Crippen LogP contribution in [0.2, 0.25) is 15.1 Å². The number of amides is 2. The molecule has 3 aromatic rings. The maximum Gasteiger partial charge on any atom is 0.264 e. The molecule has 0 aliphatic carbocycles. The Morgan fingerprint density at radius 3 is 2.02 bits per heavy atom. The Kier molecular flexibility index (Phi) is 11.5. The number of carbonyl (C=O) groups is 2. The number of sulfonamides is 1. The molecule has 2 amide bonds. The first-order chi connectivity index (χ1) is 19.3. The zero-order chi connectivity index (χ0) is 30.3. The number of benzene rings is 3. The van der Waals surface area contributed by atoms with Crippen LogP contribution in [-0.2, 0) is 26.2 Å². The predicted molar refractivity (Wildman–Crippen MR) is 166 cm³/mol. The lowest BCUT2D eigenvalue weighted by molar-refractivity contribution is -0.140. The van der Waals surface area contributed by atoms with E-state index < -0.39 is 28.5 Å². The van der Waals surface area contributed by atoms with E-state index in [1.807, 2.05) is 20.8 Å². The fourth-order valence-corrected chi connectivity index (χ4v) is 6.23. The molecule has 220 valence electrons. The second kappa shape index (κ2) is 14.4. The van der Waals surface area contributed by atoms with Crippen molar-refractivity contribution >= 4 is 62.3 Å². The van der Waals surface area contributed by atoms with Crippen LogP contribution in [0.15, 0.2) is 71.6 Å². The van der Waals surface area contributed by atoms with Crippen LogP contribution in [0, 0.1) is 12.8 Å². The smallest absolute Gasteiger partial charge is 0.264 e. The van der Waals surface area contributed by atoms with Crippen molar-refractivity contribution in [1.29, 1.82) is 0 Å². The van der Waals surface area contributed by atoms with Crippen LogP contribution in [0.5, 0.6) is 0 Å². The van der Waals surface area contributed by atoms with E-state index in [9.17, 15) is 18.0 Å². The van der Waals surface area contributed by atoms with Crippen molar-refractivity contribution in [2.75, 3.05) is 17.4 Å². The van der Waals surface area contributed by atoms with Crippen molar-refractivity contribution < 1.29 is 18.0 Å². The van der Waals surface area contributed by atoms with Crippen molar-refractivity contribution in [2.45, 2.75) is 51.6 Å². The Morgan fingerprint density at radius 1 is 0.902 bits per heavy atom. The van der Waals surface area contributed by atoms with Crippen LogP contribution < -0.4 is 9.62 Å². The zero-order valence-corrected chi connectivity index (χ0v) is 26.5. The summed E-state index contributed by atoms with van der Waals surface area (Å²) in [4.78, 5) is 28.8. The topological polar surface area (TPSA) is 86.8 Å². The highest BCUT2D eigenvalue weighted by Crippen LogP contribution is 2.29. The Bertz CT molecular complexity index is 1440.